The minimum atomic E-state index is 0.471. The van der Waals surface area contributed by atoms with Gasteiger partial charge in [0.05, 0.1) is 0 Å². The number of nitrogens with one attached hydrogen (secondary N) is 2. The fourth-order valence-corrected chi connectivity index (χ4v) is 1.52. The molecule has 0 amide bonds. The van der Waals surface area contributed by atoms with E-state index in [2.05, 4.69) is 40.5 Å². The number of hydrogen-bond donors (Lipinski definition) is 2. The number of rotatable bonds is 3. The van der Waals surface area contributed by atoms with Crippen molar-refractivity contribution in [2.75, 3.05) is 10.6 Å². The molecule has 0 atom stereocenters. The number of anilines is 3. The maximum Gasteiger partial charge on any atom is 0.182 e. The smallest absolute Gasteiger partial charge is 0.182 e. The minimum absolute atomic E-state index is 0.471. The standard InChI is InChI=1S/C13H13N5/c1-9-3-4-11(5-10(9)2)18-13-6-12(15-7-14)16-8-17-13/h3-6,8H,1-2H3,(H2,15,16,17,18). The number of benzene rings is 1. The first-order chi connectivity index (χ1) is 8.69. The summed E-state index contributed by atoms with van der Waals surface area (Å²) in [6.07, 6.45) is 3.23. The minimum Gasteiger partial charge on any atom is -0.340 e. The zero-order valence-electron chi connectivity index (χ0n) is 10.2. The summed E-state index contributed by atoms with van der Waals surface area (Å²) in [6, 6.07) is 7.77. The van der Waals surface area contributed by atoms with Crippen LogP contribution in [0.15, 0.2) is 30.6 Å². The second-order valence-corrected chi connectivity index (χ2v) is 3.95. The molecule has 2 rings (SSSR count). The zero-order valence-corrected chi connectivity index (χ0v) is 10.2. The molecule has 5 nitrogen and oxygen atoms in total. The van der Waals surface area contributed by atoms with Crippen LogP contribution in [0.5, 0.6) is 0 Å². The molecule has 0 saturated carbocycles. The summed E-state index contributed by atoms with van der Waals surface area (Å²) in [5.74, 6) is 1.12. The van der Waals surface area contributed by atoms with Crippen molar-refractivity contribution >= 4 is 17.3 Å². The van der Waals surface area contributed by atoms with Crippen LogP contribution in [0, 0.1) is 25.3 Å². The molecular formula is C13H13N5. The van der Waals surface area contributed by atoms with Gasteiger partial charge in [0.25, 0.3) is 0 Å². The van der Waals surface area contributed by atoms with E-state index in [4.69, 9.17) is 5.26 Å². The third-order valence-electron chi connectivity index (χ3n) is 2.63. The van der Waals surface area contributed by atoms with Gasteiger partial charge in [-0.1, -0.05) is 6.07 Å². The van der Waals surface area contributed by atoms with Crippen molar-refractivity contribution in [2.24, 2.45) is 0 Å². The first-order valence-corrected chi connectivity index (χ1v) is 5.50. The highest BCUT2D eigenvalue weighted by Crippen LogP contribution is 2.19. The summed E-state index contributed by atoms with van der Waals surface area (Å²) in [5, 5.41) is 14.2. The number of aryl methyl sites for hydroxylation is 2. The summed E-state index contributed by atoms with van der Waals surface area (Å²) in [7, 11) is 0. The first kappa shape index (κ1) is 11.9. The van der Waals surface area contributed by atoms with Gasteiger partial charge in [0.2, 0.25) is 0 Å². The van der Waals surface area contributed by atoms with Crippen molar-refractivity contribution in [2.45, 2.75) is 13.8 Å². The monoisotopic (exact) mass is 239 g/mol. The van der Waals surface area contributed by atoms with Gasteiger partial charge in [-0.3, -0.25) is 5.32 Å². The molecular weight excluding hydrogens is 226 g/mol. The lowest BCUT2D eigenvalue weighted by Crippen LogP contribution is -1.98. The van der Waals surface area contributed by atoms with Gasteiger partial charge in [0, 0.05) is 11.8 Å². The SMILES string of the molecule is Cc1ccc(Nc2cc(NC#N)ncn2)cc1C. The van der Waals surface area contributed by atoms with Crippen LogP contribution in [0.2, 0.25) is 0 Å². The van der Waals surface area contributed by atoms with Crippen molar-refractivity contribution in [1.29, 1.82) is 5.26 Å². The van der Waals surface area contributed by atoms with E-state index in [-0.39, 0.29) is 0 Å². The molecule has 5 heteroatoms. The Hall–Kier alpha value is -2.61. The number of nitrogens with zero attached hydrogens (tertiary/aromatic N) is 3. The Kier molecular flexibility index (Phi) is 3.39. The molecule has 0 spiro atoms. The van der Waals surface area contributed by atoms with Crippen LogP contribution < -0.4 is 10.6 Å². The largest absolute Gasteiger partial charge is 0.340 e. The molecule has 0 fully saturated rings. The predicted molar refractivity (Wildman–Crippen MR) is 70.5 cm³/mol. The molecule has 2 aromatic rings. The van der Waals surface area contributed by atoms with Gasteiger partial charge in [0.15, 0.2) is 6.19 Å². The number of nitriles is 1. The molecule has 0 aliphatic rings. The van der Waals surface area contributed by atoms with Crippen molar-refractivity contribution in [3.8, 4) is 6.19 Å². The van der Waals surface area contributed by atoms with E-state index in [0.29, 0.717) is 11.6 Å². The summed E-state index contributed by atoms with van der Waals surface area (Å²) in [6.45, 7) is 4.13. The summed E-state index contributed by atoms with van der Waals surface area (Å²) >= 11 is 0. The third-order valence-corrected chi connectivity index (χ3v) is 2.63. The maximum atomic E-state index is 8.53. The third kappa shape index (κ3) is 2.74. The van der Waals surface area contributed by atoms with E-state index < -0.39 is 0 Å². The van der Waals surface area contributed by atoms with Gasteiger partial charge in [-0.15, -0.1) is 0 Å². The zero-order chi connectivity index (χ0) is 13.0. The fraction of sp³-hybridized carbons (Fsp3) is 0.154. The highest BCUT2D eigenvalue weighted by atomic mass is 15.1. The molecule has 0 radical (unpaired) electrons. The Morgan fingerprint density at radius 3 is 2.56 bits per heavy atom. The molecule has 0 bridgehead atoms. The van der Waals surface area contributed by atoms with Crippen LogP contribution in [0.4, 0.5) is 17.3 Å². The predicted octanol–water partition coefficient (Wildman–Crippen LogP) is 2.73. The van der Waals surface area contributed by atoms with E-state index in [9.17, 15) is 0 Å². The molecule has 18 heavy (non-hydrogen) atoms. The van der Waals surface area contributed by atoms with E-state index in [0.717, 1.165) is 5.69 Å². The molecule has 1 heterocycles. The van der Waals surface area contributed by atoms with Crippen LogP contribution in [-0.2, 0) is 0 Å². The van der Waals surface area contributed by atoms with E-state index in [1.165, 1.54) is 17.5 Å². The first-order valence-electron chi connectivity index (χ1n) is 5.50. The van der Waals surface area contributed by atoms with E-state index in [1.54, 1.807) is 6.07 Å². The Morgan fingerprint density at radius 2 is 1.83 bits per heavy atom. The summed E-state index contributed by atoms with van der Waals surface area (Å²) < 4.78 is 0. The van der Waals surface area contributed by atoms with Gasteiger partial charge in [-0.2, -0.15) is 5.26 Å². The quantitative estimate of drug-likeness (QED) is 0.636. The van der Waals surface area contributed by atoms with Crippen molar-refractivity contribution in [3.05, 3.63) is 41.7 Å². The average Bonchev–Trinajstić information content (AvgIpc) is 2.35. The average molecular weight is 239 g/mol. The lowest BCUT2D eigenvalue weighted by atomic mass is 10.1. The Balaban J connectivity index is 2.20. The Bertz CT molecular complexity index is 601. The Labute approximate surface area is 106 Å². The molecule has 90 valence electrons. The molecule has 0 aliphatic carbocycles. The van der Waals surface area contributed by atoms with Crippen LogP contribution in [0.1, 0.15) is 11.1 Å². The van der Waals surface area contributed by atoms with Crippen LogP contribution in [0.25, 0.3) is 0 Å². The van der Waals surface area contributed by atoms with Gasteiger partial charge >= 0.3 is 0 Å². The molecule has 0 aliphatic heterocycles. The van der Waals surface area contributed by atoms with Crippen molar-refractivity contribution in [3.63, 3.8) is 0 Å². The van der Waals surface area contributed by atoms with Crippen molar-refractivity contribution in [1.82, 2.24) is 9.97 Å². The van der Waals surface area contributed by atoms with Crippen LogP contribution in [-0.4, -0.2) is 9.97 Å². The highest BCUT2D eigenvalue weighted by Gasteiger charge is 2.00. The topological polar surface area (TPSA) is 73.6 Å². The summed E-state index contributed by atoms with van der Waals surface area (Å²) in [4.78, 5) is 8.02. The van der Waals surface area contributed by atoms with Gasteiger partial charge in [-0.05, 0) is 37.1 Å². The number of hydrogen-bond acceptors (Lipinski definition) is 5. The molecule has 0 unspecified atom stereocenters. The van der Waals surface area contributed by atoms with Gasteiger partial charge in [0.1, 0.15) is 18.0 Å². The maximum absolute atomic E-state index is 8.53. The normalized spacial score (nSPS) is 9.61. The van der Waals surface area contributed by atoms with Gasteiger partial charge < -0.3 is 5.32 Å². The molecule has 1 aromatic heterocycles. The van der Waals surface area contributed by atoms with Crippen molar-refractivity contribution < 1.29 is 0 Å². The molecule has 1 aromatic carbocycles. The van der Waals surface area contributed by atoms with E-state index in [1.807, 2.05) is 18.3 Å². The summed E-state index contributed by atoms with van der Waals surface area (Å²) in [5.41, 5.74) is 3.42. The van der Waals surface area contributed by atoms with E-state index >= 15 is 0 Å². The van der Waals surface area contributed by atoms with Crippen LogP contribution in [0.3, 0.4) is 0 Å². The second kappa shape index (κ2) is 5.15. The van der Waals surface area contributed by atoms with Crippen LogP contribution >= 0.6 is 0 Å². The number of aromatic nitrogens is 2. The fourth-order valence-electron chi connectivity index (χ4n) is 1.52. The molecule has 0 saturated heterocycles. The lowest BCUT2D eigenvalue weighted by Gasteiger charge is -2.08. The Morgan fingerprint density at radius 1 is 1.06 bits per heavy atom. The van der Waals surface area contributed by atoms with Gasteiger partial charge in [-0.25, -0.2) is 9.97 Å². The lowest BCUT2D eigenvalue weighted by molar-refractivity contribution is 1.16. The second-order valence-electron chi connectivity index (χ2n) is 3.95. The highest BCUT2D eigenvalue weighted by molar-refractivity contribution is 5.60. The molecule has 2 N–H and O–H groups in total.